The molecule has 0 amide bonds. The van der Waals surface area contributed by atoms with Crippen LogP contribution in [0, 0.1) is 12.3 Å². The van der Waals surface area contributed by atoms with Gasteiger partial charge in [0, 0.05) is 24.8 Å². The Morgan fingerprint density at radius 2 is 1.72 bits per heavy atom. The van der Waals surface area contributed by atoms with Crippen LogP contribution in [0.25, 0.3) is 0 Å². The van der Waals surface area contributed by atoms with E-state index >= 15 is 0 Å². The first-order valence-corrected chi connectivity index (χ1v) is 6.81. The molecule has 0 aromatic heterocycles. The van der Waals surface area contributed by atoms with Gasteiger partial charge in [0.05, 0.1) is 0 Å². The highest BCUT2D eigenvalue weighted by atomic mass is 15.1. The molecule has 2 heteroatoms. The van der Waals surface area contributed by atoms with Crippen molar-refractivity contribution >= 4 is 5.69 Å². The number of anilines is 1. The van der Waals surface area contributed by atoms with E-state index in [1.807, 2.05) is 0 Å². The van der Waals surface area contributed by atoms with Crippen LogP contribution < -0.4 is 5.32 Å². The minimum atomic E-state index is 0.332. The predicted molar refractivity (Wildman–Crippen MR) is 81.2 cm³/mol. The lowest BCUT2D eigenvalue weighted by molar-refractivity contribution is 0.146. The Hall–Kier alpha value is -1.02. The molecule has 0 radical (unpaired) electrons. The fourth-order valence-electron chi connectivity index (χ4n) is 1.90. The summed E-state index contributed by atoms with van der Waals surface area (Å²) in [4.78, 5) is 2.42. The Morgan fingerprint density at radius 3 is 2.22 bits per heavy atom. The molecule has 102 valence electrons. The zero-order valence-corrected chi connectivity index (χ0v) is 12.7. The van der Waals surface area contributed by atoms with Gasteiger partial charge < -0.3 is 10.2 Å². The molecule has 18 heavy (non-hydrogen) atoms. The fourth-order valence-corrected chi connectivity index (χ4v) is 1.90. The molecule has 1 aromatic carbocycles. The minimum Gasteiger partial charge on any atom is -0.384 e. The third-order valence-electron chi connectivity index (χ3n) is 3.76. The molecule has 1 aromatic rings. The third-order valence-corrected chi connectivity index (χ3v) is 3.76. The first-order valence-electron chi connectivity index (χ1n) is 6.81. The fraction of sp³-hybridized carbons (Fsp3) is 0.625. The summed E-state index contributed by atoms with van der Waals surface area (Å²) in [7, 11) is 2.20. The van der Waals surface area contributed by atoms with E-state index in [1.165, 1.54) is 11.3 Å². The van der Waals surface area contributed by atoms with E-state index in [0.717, 1.165) is 13.1 Å². The summed E-state index contributed by atoms with van der Waals surface area (Å²) in [5.74, 6) is 0. The van der Waals surface area contributed by atoms with Gasteiger partial charge in [0.25, 0.3) is 0 Å². The first kappa shape index (κ1) is 15.0. The molecule has 0 fully saturated rings. The normalized spacial score (nSPS) is 13.7. The molecule has 1 unspecified atom stereocenters. The van der Waals surface area contributed by atoms with Crippen molar-refractivity contribution in [1.29, 1.82) is 0 Å². The van der Waals surface area contributed by atoms with Gasteiger partial charge in [-0.2, -0.15) is 0 Å². The quantitative estimate of drug-likeness (QED) is 0.853. The number of aryl methyl sites for hydroxylation is 1. The maximum absolute atomic E-state index is 3.47. The van der Waals surface area contributed by atoms with Crippen molar-refractivity contribution in [2.24, 2.45) is 5.41 Å². The van der Waals surface area contributed by atoms with Crippen molar-refractivity contribution in [3.63, 3.8) is 0 Å². The van der Waals surface area contributed by atoms with E-state index in [2.05, 4.69) is 76.1 Å². The lowest BCUT2D eigenvalue weighted by atomic mass is 9.87. The maximum Gasteiger partial charge on any atom is 0.0340 e. The van der Waals surface area contributed by atoms with Crippen LogP contribution in [0.2, 0.25) is 0 Å². The van der Waals surface area contributed by atoms with Crippen molar-refractivity contribution in [3.8, 4) is 0 Å². The molecular formula is C16H28N2. The molecule has 0 heterocycles. The molecular weight excluding hydrogens is 220 g/mol. The van der Waals surface area contributed by atoms with Crippen LogP contribution in [0.5, 0.6) is 0 Å². The predicted octanol–water partition coefficient (Wildman–Crippen LogP) is 3.77. The lowest BCUT2D eigenvalue weighted by Gasteiger charge is -2.35. The summed E-state index contributed by atoms with van der Waals surface area (Å²) in [5.41, 5.74) is 2.84. The average Bonchev–Trinajstić information content (AvgIpc) is 2.29. The second kappa shape index (κ2) is 6.24. The molecule has 0 saturated heterocycles. The zero-order chi connectivity index (χ0) is 13.8. The summed E-state index contributed by atoms with van der Waals surface area (Å²) in [6, 6.07) is 9.15. The van der Waals surface area contributed by atoms with E-state index in [0.29, 0.717) is 11.5 Å². The number of likely N-dealkylation sites (N-methyl/N-ethyl adjacent to an activating group) is 1. The van der Waals surface area contributed by atoms with Gasteiger partial charge in [-0.1, -0.05) is 38.5 Å². The Balaban J connectivity index is 2.35. The third kappa shape index (κ3) is 4.69. The second-order valence-corrected chi connectivity index (χ2v) is 6.32. The van der Waals surface area contributed by atoms with Crippen LogP contribution in [0.15, 0.2) is 24.3 Å². The van der Waals surface area contributed by atoms with Crippen LogP contribution in [-0.4, -0.2) is 31.1 Å². The van der Waals surface area contributed by atoms with Crippen molar-refractivity contribution in [3.05, 3.63) is 29.8 Å². The van der Waals surface area contributed by atoms with Crippen molar-refractivity contribution in [1.82, 2.24) is 4.90 Å². The molecule has 0 bridgehead atoms. The molecule has 1 atom stereocenters. The molecule has 0 aliphatic carbocycles. The van der Waals surface area contributed by atoms with Crippen molar-refractivity contribution < 1.29 is 0 Å². The highest BCUT2D eigenvalue weighted by Gasteiger charge is 2.23. The van der Waals surface area contributed by atoms with Gasteiger partial charge in [-0.15, -0.1) is 0 Å². The van der Waals surface area contributed by atoms with E-state index in [9.17, 15) is 0 Å². The molecule has 0 aliphatic heterocycles. The smallest absolute Gasteiger partial charge is 0.0340 e. The second-order valence-electron chi connectivity index (χ2n) is 6.32. The van der Waals surface area contributed by atoms with Crippen LogP contribution in [0.3, 0.4) is 0 Å². The summed E-state index contributed by atoms with van der Waals surface area (Å²) >= 11 is 0. The number of nitrogens with one attached hydrogen (secondary N) is 1. The molecule has 0 saturated carbocycles. The van der Waals surface area contributed by atoms with E-state index in [4.69, 9.17) is 0 Å². The standard InChI is InChI=1S/C16H28N2/c1-13-7-9-15(10-8-13)17-11-12-18(6)14(2)16(3,4)5/h7-10,14,17H,11-12H2,1-6H3. The Bertz CT molecular complexity index is 348. The Kier molecular flexibility index (Phi) is 5.21. The summed E-state index contributed by atoms with van der Waals surface area (Å²) < 4.78 is 0. The van der Waals surface area contributed by atoms with Crippen LogP contribution in [0.1, 0.15) is 33.3 Å². The summed E-state index contributed by atoms with van der Waals surface area (Å²) in [6.07, 6.45) is 0. The maximum atomic E-state index is 3.47. The van der Waals surface area contributed by atoms with E-state index in [-0.39, 0.29) is 0 Å². The van der Waals surface area contributed by atoms with Gasteiger partial charge >= 0.3 is 0 Å². The zero-order valence-electron chi connectivity index (χ0n) is 12.7. The van der Waals surface area contributed by atoms with Crippen LogP contribution in [-0.2, 0) is 0 Å². The van der Waals surface area contributed by atoms with Gasteiger partial charge in [-0.05, 0) is 38.4 Å². The summed E-state index contributed by atoms with van der Waals surface area (Å²) in [6.45, 7) is 13.3. The van der Waals surface area contributed by atoms with Crippen LogP contribution in [0.4, 0.5) is 5.69 Å². The molecule has 2 nitrogen and oxygen atoms in total. The van der Waals surface area contributed by atoms with E-state index in [1.54, 1.807) is 0 Å². The van der Waals surface area contributed by atoms with Crippen molar-refractivity contribution in [2.75, 3.05) is 25.5 Å². The SMILES string of the molecule is Cc1ccc(NCCN(C)C(C)C(C)(C)C)cc1. The Morgan fingerprint density at radius 1 is 1.17 bits per heavy atom. The van der Waals surface area contributed by atoms with Crippen molar-refractivity contribution in [2.45, 2.75) is 40.7 Å². The van der Waals surface area contributed by atoms with Gasteiger partial charge in [0.1, 0.15) is 0 Å². The highest BCUT2D eigenvalue weighted by Crippen LogP contribution is 2.22. The number of rotatable bonds is 5. The lowest BCUT2D eigenvalue weighted by Crippen LogP contribution is -2.41. The van der Waals surface area contributed by atoms with Crippen LogP contribution >= 0.6 is 0 Å². The monoisotopic (exact) mass is 248 g/mol. The largest absolute Gasteiger partial charge is 0.384 e. The number of hydrogen-bond acceptors (Lipinski definition) is 2. The molecule has 1 rings (SSSR count). The topological polar surface area (TPSA) is 15.3 Å². The average molecular weight is 248 g/mol. The van der Waals surface area contributed by atoms with Gasteiger partial charge in [0.15, 0.2) is 0 Å². The highest BCUT2D eigenvalue weighted by molar-refractivity contribution is 5.44. The number of benzene rings is 1. The van der Waals surface area contributed by atoms with Gasteiger partial charge in [0.2, 0.25) is 0 Å². The van der Waals surface area contributed by atoms with E-state index < -0.39 is 0 Å². The minimum absolute atomic E-state index is 0.332. The first-order chi connectivity index (χ1) is 8.30. The summed E-state index contributed by atoms with van der Waals surface area (Å²) in [5, 5.41) is 3.47. The number of nitrogens with zero attached hydrogens (tertiary/aromatic N) is 1. The molecule has 0 spiro atoms. The molecule has 1 N–H and O–H groups in total. The van der Waals surface area contributed by atoms with Gasteiger partial charge in [-0.3, -0.25) is 0 Å². The Labute approximate surface area is 112 Å². The molecule has 0 aliphatic rings. The van der Waals surface area contributed by atoms with Gasteiger partial charge in [-0.25, -0.2) is 0 Å². The number of hydrogen-bond donors (Lipinski definition) is 1.